The molecule has 0 fully saturated rings. The van der Waals surface area contributed by atoms with Crippen molar-refractivity contribution in [1.82, 2.24) is 4.98 Å². The van der Waals surface area contributed by atoms with Crippen molar-refractivity contribution in [2.75, 3.05) is 11.4 Å². The lowest BCUT2D eigenvalue weighted by atomic mass is 10.00. The van der Waals surface area contributed by atoms with E-state index in [1.54, 1.807) is 5.51 Å². The maximum atomic E-state index is 9.03. The van der Waals surface area contributed by atoms with Crippen molar-refractivity contribution in [2.24, 2.45) is 0 Å². The van der Waals surface area contributed by atoms with Crippen molar-refractivity contribution in [3.8, 4) is 6.07 Å². The molecule has 0 aliphatic carbocycles. The summed E-state index contributed by atoms with van der Waals surface area (Å²) in [5.74, 6) is 0.840. The number of rotatable bonds is 1. The van der Waals surface area contributed by atoms with E-state index in [-0.39, 0.29) is 0 Å². The summed E-state index contributed by atoms with van der Waals surface area (Å²) in [6, 6.07) is 10.7. The fourth-order valence-electron chi connectivity index (χ4n) is 2.22. The summed E-state index contributed by atoms with van der Waals surface area (Å²) < 4.78 is 0. The number of benzene rings is 1. The Labute approximate surface area is 104 Å². The van der Waals surface area contributed by atoms with E-state index in [0.717, 1.165) is 25.3 Å². The molecule has 1 aromatic heterocycles. The minimum atomic E-state index is 0.712. The zero-order valence-corrected chi connectivity index (χ0v) is 10.1. The molecule has 4 heteroatoms. The van der Waals surface area contributed by atoms with Crippen molar-refractivity contribution in [1.29, 1.82) is 5.26 Å². The number of fused-ring (bicyclic) bond motifs is 1. The Morgan fingerprint density at radius 1 is 1.29 bits per heavy atom. The number of anilines is 1. The molecule has 2 heterocycles. The molecular formula is C13H11N3S. The first kappa shape index (κ1) is 10.3. The first-order valence-electron chi connectivity index (χ1n) is 5.54. The van der Waals surface area contributed by atoms with Crippen molar-refractivity contribution in [3.05, 3.63) is 45.8 Å². The minimum absolute atomic E-state index is 0.712. The zero-order valence-electron chi connectivity index (χ0n) is 9.26. The molecule has 0 saturated heterocycles. The number of nitriles is 1. The average molecular weight is 241 g/mol. The molecule has 2 aromatic rings. The third-order valence-corrected chi connectivity index (χ3v) is 3.80. The van der Waals surface area contributed by atoms with Crippen molar-refractivity contribution >= 4 is 17.2 Å². The highest BCUT2D eigenvalue weighted by molar-refractivity contribution is 7.10. The van der Waals surface area contributed by atoms with Gasteiger partial charge in [0.25, 0.3) is 0 Å². The van der Waals surface area contributed by atoms with Crippen LogP contribution in [-0.2, 0) is 13.0 Å². The lowest BCUT2D eigenvalue weighted by molar-refractivity contribution is 0.722. The fraction of sp³-hybridized carbons (Fsp3) is 0.231. The van der Waals surface area contributed by atoms with E-state index in [1.165, 1.54) is 22.5 Å². The van der Waals surface area contributed by atoms with Gasteiger partial charge in [0.2, 0.25) is 0 Å². The van der Waals surface area contributed by atoms with E-state index >= 15 is 0 Å². The van der Waals surface area contributed by atoms with Crippen LogP contribution in [0.1, 0.15) is 16.0 Å². The maximum absolute atomic E-state index is 9.03. The zero-order chi connectivity index (χ0) is 11.7. The van der Waals surface area contributed by atoms with Crippen LogP contribution in [0.5, 0.6) is 0 Å². The Morgan fingerprint density at radius 3 is 2.94 bits per heavy atom. The molecule has 0 radical (unpaired) electrons. The largest absolute Gasteiger partial charge is 0.350 e. The number of hydrogen-bond acceptors (Lipinski definition) is 4. The molecule has 0 spiro atoms. The normalized spacial score (nSPS) is 14.2. The van der Waals surface area contributed by atoms with Gasteiger partial charge in [-0.3, -0.25) is 0 Å². The first-order valence-corrected chi connectivity index (χ1v) is 6.42. The van der Waals surface area contributed by atoms with Gasteiger partial charge in [-0.15, -0.1) is 11.3 Å². The topological polar surface area (TPSA) is 39.9 Å². The molecule has 84 valence electrons. The molecule has 0 atom stereocenters. The number of hydrogen-bond donors (Lipinski definition) is 0. The molecule has 0 N–H and O–H groups in total. The maximum Gasteiger partial charge on any atom is 0.158 e. The Bertz CT molecular complexity index is 582. The second kappa shape index (κ2) is 4.19. The molecule has 0 bridgehead atoms. The highest BCUT2D eigenvalue weighted by atomic mass is 32.1. The first-order chi connectivity index (χ1) is 8.38. The van der Waals surface area contributed by atoms with Gasteiger partial charge in [0, 0.05) is 13.1 Å². The van der Waals surface area contributed by atoms with Crippen LogP contribution >= 0.6 is 11.3 Å². The van der Waals surface area contributed by atoms with Gasteiger partial charge in [-0.25, -0.2) is 4.98 Å². The van der Waals surface area contributed by atoms with E-state index in [4.69, 9.17) is 5.26 Å². The van der Waals surface area contributed by atoms with Crippen LogP contribution in [0.3, 0.4) is 0 Å². The van der Waals surface area contributed by atoms with E-state index in [2.05, 4.69) is 40.2 Å². The van der Waals surface area contributed by atoms with Crippen molar-refractivity contribution in [2.45, 2.75) is 13.0 Å². The van der Waals surface area contributed by atoms with Crippen molar-refractivity contribution < 1.29 is 0 Å². The van der Waals surface area contributed by atoms with Gasteiger partial charge in [-0.2, -0.15) is 5.26 Å². The summed E-state index contributed by atoms with van der Waals surface area (Å²) in [4.78, 5) is 7.21. The Hall–Kier alpha value is -1.86. The van der Waals surface area contributed by atoms with Crippen LogP contribution in [0, 0.1) is 11.3 Å². The number of aromatic nitrogens is 1. The molecule has 0 unspecified atom stereocenters. The standard InChI is InChI=1S/C13H11N3S/c14-7-12-13(15-9-17-12)16-6-5-10-3-1-2-4-11(10)8-16/h1-4,9H,5-6,8H2. The average Bonchev–Trinajstić information content (AvgIpc) is 2.86. The molecule has 0 saturated carbocycles. The third-order valence-electron chi connectivity index (χ3n) is 3.08. The lowest BCUT2D eigenvalue weighted by Crippen LogP contribution is -2.30. The fourth-order valence-corrected chi connectivity index (χ4v) is 2.82. The van der Waals surface area contributed by atoms with Gasteiger partial charge >= 0.3 is 0 Å². The summed E-state index contributed by atoms with van der Waals surface area (Å²) in [5.41, 5.74) is 4.50. The lowest BCUT2D eigenvalue weighted by Gasteiger charge is -2.29. The van der Waals surface area contributed by atoms with Gasteiger partial charge in [0.15, 0.2) is 5.82 Å². The highest BCUT2D eigenvalue weighted by Crippen LogP contribution is 2.27. The van der Waals surface area contributed by atoms with Crippen LogP contribution in [0.15, 0.2) is 29.8 Å². The van der Waals surface area contributed by atoms with Crippen molar-refractivity contribution in [3.63, 3.8) is 0 Å². The molecule has 1 aliphatic heterocycles. The molecule has 17 heavy (non-hydrogen) atoms. The van der Waals surface area contributed by atoms with Gasteiger partial charge in [-0.05, 0) is 17.5 Å². The smallest absolute Gasteiger partial charge is 0.158 e. The second-order valence-electron chi connectivity index (χ2n) is 4.06. The van der Waals surface area contributed by atoms with Crippen LogP contribution < -0.4 is 4.90 Å². The highest BCUT2D eigenvalue weighted by Gasteiger charge is 2.20. The molecule has 1 aromatic carbocycles. The predicted octanol–water partition coefficient (Wildman–Crippen LogP) is 2.58. The van der Waals surface area contributed by atoms with Gasteiger partial charge in [0.1, 0.15) is 10.9 Å². The minimum Gasteiger partial charge on any atom is -0.350 e. The SMILES string of the molecule is N#Cc1scnc1N1CCc2ccccc2C1. The summed E-state index contributed by atoms with van der Waals surface area (Å²) in [7, 11) is 0. The molecule has 1 aliphatic rings. The second-order valence-corrected chi connectivity index (χ2v) is 4.91. The summed E-state index contributed by atoms with van der Waals surface area (Å²) in [6.07, 6.45) is 1.03. The molecular weight excluding hydrogens is 230 g/mol. The quantitative estimate of drug-likeness (QED) is 0.770. The van der Waals surface area contributed by atoms with Crippen LogP contribution in [-0.4, -0.2) is 11.5 Å². The van der Waals surface area contributed by atoms with E-state index < -0.39 is 0 Å². The molecule has 3 rings (SSSR count). The Kier molecular flexibility index (Phi) is 2.54. The Balaban J connectivity index is 1.92. The summed E-state index contributed by atoms with van der Waals surface area (Å²) in [5, 5.41) is 9.03. The number of nitrogens with zero attached hydrogens (tertiary/aromatic N) is 3. The van der Waals surface area contributed by atoms with Gasteiger partial charge in [-0.1, -0.05) is 24.3 Å². The summed E-state index contributed by atoms with van der Waals surface area (Å²) >= 11 is 1.41. The predicted molar refractivity (Wildman–Crippen MR) is 68.0 cm³/mol. The van der Waals surface area contributed by atoms with Crippen LogP contribution in [0.2, 0.25) is 0 Å². The summed E-state index contributed by atoms with van der Waals surface area (Å²) in [6.45, 7) is 1.80. The molecule has 3 nitrogen and oxygen atoms in total. The molecule has 0 amide bonds. The van der Waals surface area contributed by atoms with E-state index in [9.17, 15) is 0 Å². The van der Waals surface area contributed by atoms with Gasteiger partial charge < -0.3 is 4.90 Å². The van der Waals surface area contributed by atoms with E-state index in [0.29, 0.717) is 4.88 Å². The van der Waals surface area contributed by atoms with E-state index in [1.807, 2.05) is 0 Å². The Morgan fingerprint density at radius 2 is 2.12 bits per heavy atom. The van der Waals surface area contributed by atoms with Crippen LogP contribution in [0.25, 0.3) is 0 Å². The third kappa shape index (κ3) is 1.79. The monoisotopic (exact) mass is 241 g/mol. The van der Waals surface area contributed by atoms with Crippen LogP contribution in [0.4, 0.5) is 5.82 Å². The number of thiazole rings is 1. The van der Waals surface area contributed by atoms with Gasteiger partial charge in [0.05, 0.1) is 5.51 Å².